The van der Waals surface area contributed by atoms with E-state index in [2.05, 4.69) is 6.92 Å². The summed E-state index contributed by atoms with van der Waals surface area (Å²) in [6.07, 6.45) is 1.43. The molecule has 1 aliphatic heterocycles. The molecule has 3 aliphatic rings. The molecule has 2 N–H and O–H groups in total. The molecule has 2 aliphatic carbocycles. The van der Waals surface area contributed by atoms with Crippen molar-refractivity contribution in [3.8, 4) is 0 Å². The molecule has 3 rings (SSSR count). The highest BCUT2D eigenvalue weighted by Gasteiger charge is 2.62. The Morgan fingerprint density at radius 1 is 1.37 bits per heavy atom. The van der Waals surface area contributed by atoms with Gasteiger partial charge in [0.25, 0.3) is 0 Å². The van der Waals surface area contributed by atoms with E-state index in [1.807, 2.05) is 6.92 Å². The maximum Gasteiger partial charge on any atom is 0.334 e. The van der Waals surface area contributed by atoms with Gasteiger partial charge < -0.3 is 14.9 Å². The Morgan fingerprint density at radius 3 is 2.74 bits per heavy atom. The second-order valence-corrected chi connectivity index (χ2v) is 6.76. The SMILES string of the molecule is CC1=C2C[C@]3(C)[C@@H](C)CC[C@H](O)[C@]3(O)C[C@@H]2OC1=O. The molecule has 4 nitrogen and oxygen atoms in total. The highest BCUT2D eigenvalue weighted by atomic mass is 16.5. The van der Waals surface area contributed by atoms with Crippen LogP contribution in [-0.2, 0) is 9.53 Å². The summed E-state index contributed by atoms with van der Waals surface area (Å²) in [6, 6.07) is 0. The van der Waals surface area contributed by atoms with E-state index in [1.165, 1.54) is 0 Å². The first kappa shape index (κ1) is 13.1. The Hall–Kier alpha value is -0.870. The normalized spacial score (nSPS) is 49.7. The molecule has 0 spiro atoms. The molecule has 4 heteroatoms. The minimum absolute atomic E-state index is 0.270. The van der Waals surface area contributed by atoms with Gasteiger partial charge in [-0.05, 0) is 37.7 Å². The highest BCUT2D eigenvalue weighted by molar-refractivity contribution is 5.91. The van der Waals surface area contributed by atoms with E-state index in [1.54, 1.807) is 6.92 Å². The zero-order valence-electron chi connectivity index (χ0n) is 11.8. The summed E-state index contributed by atoms with van der Waals surface area (Å²) in [7, 11) is 0. The van der Waals surface area contributed by atoms with Crippen LogP contribution in [0.4, 0.5) is 0 Å². The van der Waals surface area contributed by atoms with Crippen molar-refractivity contribution < 1.29 is 19.7 Å². The molecule has 19 heavy (non-hydrogen) atoms. The first-order valence-corrected chi connectivity index (χ1v) is 7.10. The van der Waals surface area contributed by atoms with Gasteiger partial charge in [0, 0.05) is 17.4 Å². The standard InChI is InChI=1S/C15H22O4/c1-8-4-5-12(16)15(18)7-11-10(6-14(8,15)3)9(2)13(17)19-11/h8,11-12,16,18H,4-7H2,1-3H3/t8-,11-,12-,14+,15+/m0/s1. The molecule has 0 aromatic rings. The van der Waals surface area contributed by atoms with Gasteiger partial charge in [-0.15, -0.1) is 0 Å². The van der Waals surface area contributed by atoms with Crippen molar-refractivity contribution in [2.45, 2.75) is 64.3 Å². The van der Waals surface area contributed by atoms with Gasteiger partial charge in [-0.2, -0.15) is 0 Å². The number of carbonyl (C=O) groups is 1. The van der Waals surface area contributed by atoms with E-state index in [0.717, 1.165) is 12.0 Å². The van der Waals surface area contributed by atoms with Crippen LogP contribution in [-0.4, -0.2) is 34.0 Å². The lowest BCUT2D eigenvalue weighted by Crippen LogP contribution is -2.64. The molecule has 0 aromatic heterocycles. The smallest absolute Gasteiger partial charge is 0.334 e. The highest BCUT2D eigenvalue weighted by Crippen LogP contribution is 2.58. The van der Waals surface area contributed by atoms with E-state index in [0.29, 0.717) is 30.8 Å². The predicted octanol–water partition coefficient (Wildman–Crippen LogP) is 1.55. The molecule has 1 heterocycles. The summed E-state index contributed by atoms with van der Waals surface area (Å²) in [5, 5.41) is 21.3. The maximum absolute atomic E-state index is 11.7. The van der Waals surface area contributed by atoms with Crippen molar-refractivity contribution in [3.05, 3.63) is 11.1 Å². The molecule has 0 amide bonds. The molecule has 0 aromatic carbocycles. The third-order valence-corrected chi connectivity index (χ3v) is 5.98. The summed E-state index contributed by atoms with van der Waals surface area (Å²) in [6.45, 7) is 5.97. The van der Waals surface area contributed by atoms with Crippen molar-refractivity contribution in [2.75, 3.05) is 0 Å². The maximum atomic E-state index is 11.7. The van der Waals surface area contributed by atoms with E-state index in [4.69, 9.17) is 4.74 Å². The van der Waals surface area contributed by atoms with E-state index >= 15 is 0 Å². The Morgan fingerprint density at radius 2 is 2.05 bits per heavy atom. The Bertz CT molecular complexity index is 469. The quantitative estimate of drug-likeness (QED) is 0.653. The number of carbonyl (C=O) groups excluding carboxylic acids is 1. The first-order chi connectivity index (χ1) is 8.79. The minimum Gasteiger partial charge on any atom is -0.454 e. The molecule has 0 unspecified atom stereocenters. The zero-order chi connectivity index (χ0) is 14.0. The van der Waals surface area contributed by atoms with Crippen molar-refractivity contribution in [3.63, 3.8) is 0 Å². The first-order valence-electron chi connectivity index (χ1n) is 7.10. The molecule has 106 valence electrons. The third-order valence-electron chi connectivity index (χ3n) is 5.98. The molecule has 0 radical (unpaired) electrons. The summed E-state index contributed by atoms with van der Waals surface area (Å²) in [5.74, 6) is 0.0471. The third kappa shape index (κ3) is 1.50. The molecule has 5 atom stereocenters. The minimum atomic E-state index is -1.15. The predicted molar refractivity (Wildman–Crippen MR) is 69.3 cm³/mol. The van der Waals surface area contributed by atoms with Gasteiger partial charge in [0.05, 0.1) is 6.10 Å². The van der Waals surface area contributed by atoms with Crippen LogP contribution in [0.25, 0.3) is 0 Å². The van der Waals surface area contributed by atoms with E-state index < -0.39 is 11.7 Å². The van der Waals surface area contributed by atoms with Gasteiger partial charge in [-0.1, -0.05) is 13.8 Å². The van der Waals surface area contributed by atoms with E-state index in [-0.39, 0.29) is 17.5 Å². The Kier molecular flexibility index (Phi) is 2.64. The van der Waals surface area contributed by atoms with Crippen molar-refractivity contribution in [2.24, 2.45) is 11.3 Å². The van der Waals surface area contributed by atoms with Crippen molar-refractivity contribution in [1.82, 2.24) is 0 Å². The van der Waals surface area contributed by atoms with Crippen LogP contribution in [0.2, 0.25) is 0 Å². The van der Waals surface area contributed by atoms with Crippen LogP contribution in [0.15, 0.2) is 11.1 Å². The molecule has 0 bridgehead atoms. The van der Waals surface area contributed by atoms with Crippen LogP contribution in [0, 0.1) is 11.3 Å². The lowest BCUT2D eigenvalue weighted by Gasteiger charge is -2.58. The van der Waals surface area contributed by atoms with Crippen LogP contribution in [0.3, 0.4) is 0 Å². The number of aliphatic hydroxyl groups is 2. The van der Waals surface area contributed by atoms with Crippen LogP contribution >= 0.6 is 0 Å². The zero-order valence-corrected chi connectivity index (χ0v) is 11.8. The lowest BCUT2D eigenvalue weighted by atomic mass is 9.51. The molecule has 2 saturated carbocycles. The Balaban J connectivity index is 2.06. The second-order valence-electron chi connectivity index (χ2n) is 6.76. The van der Waals surface area contributed by atoms with Crippen molar-refractivity contribution >= 4 is 5.97 Å². The number of fused-ring (bicyclic) bond motifs is 2. The number of rotatable bonds is 0. The molecule has 0 saturated heterocycles. The molecular formula is C15H22O4. The summed E-state index contributed by atoms with van der Waals surface area (Å²) in [5.41, 5.74) is 0.189. The van der Waals surface area contributed by atoms with E-state index in [9.17, 15) is 15.0 Å². The van der Waals surface area contributed by atoms with Crippen LogP contribution in [0.5, 0.6) is 0 Å². The lowest BCUT2D eigenvalue weighted by molar-refractivity contribution is -0.221. The number of aliphatic hydroxyl groups excluding tert-OH is 1. The monoisotopic (exact) mass is 266 g/mol. The second kappa shape index (κ2) is 3.83. The Labute approximate surface area is 113 Å². The van der Waals surface area contributed by atoms with Gasteiger partial charge in [0.15, 0.2) is 0 Å². The summed E-state index contributed by atoms with van der Waals surface area (Å²) < 4.78 is 5.34. The summed E-state index contributed by atoms with van der Waals surface area (Å²) in [4.78, 5) is 11.7. The van der Waals surface area contributed by atoms with Gasteiger partial charge in [-0.25, -0.2) is 4.79 Å². The van der Waals surface area contributed by atoms with Gasteiger partial charge >= 0.3 is 5.97 Å². The van der Waals surface area contributed by atoms with Gasteiger partial charge in [-0.3, -0.25) is 0 Å². The number of hydrogen-bond acceptors (Lipinski definition) is 4. The topological polar surface area (TPSA) is 66.8 Å². The van der Waals surface area contributed by atoms with Gasteiger partial charge in [0.2, 0.25) is 0 Å². The fourth-order valence-corrected chi connectivity index (χ4v) is 4.22. The molecule has 2 fully saturated rings. The van der Waals surface area contributed by atoms with Crippen LogP contribution in [0.1, 0.15) is 46.5 Å². The fourth-order valence-electron chi connectivity index (χ4n) is 4.22. The van der Waals surface area contributed by atoms with Crippen molar-refractivity contribution in [1.29, 1.82) is 0 Å². The average Bonchev–Trinajstić information content (AvgIpc) is 2.61. The number of esters is 1. The fraction of sp³-hybridized carbons (Fsp3) is 0.800. The number of ether oxygens (including phenoxy) is 1. The number of hydrogen-bond donors (Lipinski definition) is 2. The largest absolute Gasteiger partial charge is 0.454 e. The van der Waals surface area contributed by atoms with Crippen LogP contribution < -0.4 is 0 Å². The van der Waals surface area contributed by atoms with Gasteiger partial charge in [0.1, 0.15) is 11.7 Å². The average molecular weight is 266 g/mol. The molecular weight excluding hydrogens is 244 g/mol. The summed E-state index contributed by atoms with van der Waals surface area (Å²) >= 11 is 0.